The third-order valence-corrected chi connectivity index (χ3v) is 7.39. The van der Waals surface area contributed by atoms with Gasteiger partial charge in [-0.25, -0.2) is 0 Å². The first kappa shape index (κ1) is 25.8. The van der Waals surface area contributed by atoms with Crippen LogP contribution in [0.15, 0.2) is 59.7 Å². The van der Waals surface area contributed by atoms with Crippen LogP contribution in [0, 0.1) is 0 Å². The van der Waals surface area contributed by atoms with E-state index in [1.807, 2.05) is 42.6 Å². The van der Waals surface area contributed by atoms with Gasteiger partial charge in [-0.05, 0) is 48.9 Å². The summed E-state index contributed by atoms with van der Waals surface area (Å²) in [4.78, 5) is 45.9. The van der Waals surface area contributed by atoms with Crippen molar-refractivity contribution in [2.75, 3.05) is 13.6 Å². The van der Waals surface area contributed by atoms with E-state index in [4.69, 9.17) is 11.6 Å². The van der Waals surface area contributed by atoms with Crippen LogP contribution in [0.1, 0.15) is 43.8 Å². The van der Waals surface area contributed by atoms with E-state index in [-0.39, 0.29) is 23.3 Å². The summed E-state index contributed by atoms with van der Waals surface area (Å²) < 4.78 is 2.40. The number of carbonyl (C=O) groups excluding carboxylic acids is 2. The molecule has 0 radical (unpaired) electrons. The lowest BCUT2D eigenvalue weighted by Gasteiger charge is -2.15. The summed E-state index contributed by atoms with van der Waals surface area (Å²) in [5.41, 5.74) is 3.03. The van der Waals surface area contributed by atoms with Crippen LogP contribution in [0.4, 0.5) is 0 Å². The molecule has 1 aromatic carbocycles. The number of hydrogen-bond acceptors (Lipinski definition) is 6. The van der Waals surface area contributed by atoms with E-state index in [9.17, 15) is 14.4 Å². The number of nitrogens with one attached hydrogen (secondary N) is 1. The van der Waals surface area contributed by atoms with Crippen molar-refractivity contribution < 1.29 is 9.59 Å². The summed E-state index contributed by atoms with van der Waals surface area (Å²) >= 11 is 7.31. The molecular weight excluding hydrogens is 496 g/mol. The van der Waals surface area contributed by atoms with Gasteiger partial charge in [0, 0.05) is 42.4 Å². The lowest BCUT2D eigenvalue weighted by molar-refractivity contribution is 0.0934. The quantitative estimate of drug-likeness (QED) is 0.328. The van der Waals surface area contributed by atoms with Crippen LogP contribution in [0.3, 0.4) is 0 Å². The molecule has 0 bridgehead atoms. The molecule has 0 aliphatic carbocycles. The number of rotatable bonds is 9. The summed E-state index contributed by atoms with van der Waals surface area (Å²) in [6, 6.07) is 12.5. The van der Waals surface area contributed by atoms with Crippen LogP contribution in [0.2, 0.25) is 5.02 Å². The van der Waals surface area contributed by atoms with Gasteiger partial charge in [0.1, 0.15) is 11.3 Å². The molecule has 9 heteroatoms. The fraction of sp³-hybridized carbons (Fsp3) is 0.259. The average molecular weight is 523 g/mol. The number of pyridine rings is 2. The maximum Gasteiger partial charge on any atom is 0.257 e. The van der Waals surface area contributed by atoms with Crippen molar-refractivity contribution in [2.45, 2.75) is 26.4 Å². The van der Waals surface area contributed by atoms with Gasteiger partial charge in [0.05, 0.1) is 16.8 Å². The Balaban J connectivity index is 1.57. The number of thiophene rings is 1. The summed E-state index contributed by atoms with van der Waals surface area (Å²) in [5, 5.41) is 3.45. The Hall–Kier alpha value is -3.33. The summed E-state index contributed by atoms with van der Waals surface area (Å²) in [6.07, 6.45) is 3.94. The molecule has 0 saturated heterocycles. The van der Waals surface area contributed by atoms with Gasteiger partial charge in [0.25, 0.3) is 5.91 Å². The number of aryl methyl sites for hydroxylation is 2. The SMILES string of the molecule is CCc1c(CN(C)CC(=O)c2ccccn2)sc2c(=O)c(C(=O)NCc3ccc(Cl)cc3)cn(C)c12. The standard InChI is InChI=1S/C27H27ClN4O3S/c1-4-19-23(16-31(2)15-22(33)21-7-5-6-12-29-21)36-26-24(19)32(3)14-20(25(26)34)27(35)30-13-17-8-10-18(28)11-9-17/h5-12,14H,4,13,15-16H2,1-3H3,(H,30,35). The van der Waals surface area contributed by atoms with E-state index >= 15 is 0 Å². The first-order valence-electron chi connectivity index (χ1n) is 11.6. The van der Waals surface area contributed by atoms with E-state index in [1.54, 1.807) is 42.7 Å². The first-order valence-corrected chi connectivity index (χ1v) is 12.8. The van der Waals surface area contributed by atoms with E-state index in [2.05, 4.69) is 10.3 Å². The smallest absolute Gasteiger partial charge is 0.257 e. The maximum absolute atomic E-state index is 13.4. The fourth-order valence-corrected chi connectivity index (χ4v) is 5.75. The van der Waals surface area contributed by atoms with E-state index in [0.29, 0.717) is 28.5 Å². The number of halogens is 1. The highest BCUT2D eigenvalue weighted by molar-refractivity contribution is 7.19. The molecule has 36 heavy (non-hydrogen) atoms. The highest BCUT2D eigenvalue weighted by atomic mass is 35.5. The van der Waals surface area contributed by atoms with Gasteiger partial charge in [-0.15, -0.1) is 11.3 Å². The van der Waals surface area contributed by atoms with Crippen molar-refractivity contribution in [1.82, 2.24) is 19.8 Å². The average Bonchev–Trinajstić information content (AvgIpc) is 3.25. The molecule has 0 spiro atoms. The highest BCUT2D eigenvalue weighted by Crippen LogP contribution is 2.31. The minimum Gasteiger partial charge on any atom is -0.349 e. The van der Waals surface area contributed by atoms with Crippen molar-refractivity contribution >= 4 is 44.8 Å². The third kappa shape index (κ3) is 5.56. The van der Waals surface area contributed by atoms with Crippen molar-refractivity contribution in [3.63, 3.8) is 0 Å². The predicted molar refractivity (Wildman–Crippen MR) is 144 cm³/mol. The number of carbonyl (C=O) groups is 2. The lowest BCUT2D eigenvalue weighted by Crippen LogP contribution is -2.29. The molecule has 3 heterocycles. The predicted octanol–water partition coefficient (Wildman–Crippen LogP) is 4.46. The molecule has 186 valence electrons. The van der Waals surface area contributed by atoms with Crippen LogP contribution in [-0.2, 0) is 26.6 Å². The van der Waals surface area contributed by atoms with Crippen molar-refractivity contribution in [1.29, 1.82) is 0 Å². The van der Waals surface area contributed by atoms with Gasteiger partial charge < -0.3 is 9.88 Å². The Morgan fingerprint density at radius 3 is 2.58 bits per heavy atom. The van der Waals surface area contributed by atoms with Crippen LogP contribution >= 0.6 is 22.9 Å². The number of nitrogens with zero attached hydrogens (tertiary/aromatic N) is 3. The topological polar surface area (TPSA) is 84.3 Å². The van der Waals surface area contributed by atoms with Crippen LogP contribution in [0.5, 0.6) is 0 Å². The molecule has 7 nitrogen and oxygen atoms in total. The van der Waals surface area contributed by atoms with Gasteiger partial charge in [-0.2, -0.15) is 0 Å². The third-order valence-electron chi connectivity index (χ3n) is 5.93. The summed E-state index contributed by atoms with van der Waals surface area (Å²) in [6.45, 7) is 3.06. The molecule has 0 atom stereocenters. The number of ketones is 1. The second-order valence-corrected chi connectivity index (χ2v) is 10.2. The van der Waals surface area contributed by atoms with E-state index < -0.39 is 5.91 Å². The van der Waals surface area contributed by atoms with Gasteiger partial charge in [-0.3, -0.25) is 24.3 Å². The van der Waals surface area contributed by atoms with Crippen LogP contribution in [-0.4, -0.2) is 39.7 Å². The second kappa shape index (κ2) is 11.2. The zero-order valence-electron chi connectivity index (χ0n) is 20.4. The highest BCUT2D eigenvalue weighted by Gasteiger charge is 2.22. The summed E-state index contributed by atoms with van der Waals surface area (Å²) in [7, 11) is 3.72. The van der Waals surface area contributed by atoms with Gasteiger partial charge >= 0.3 is 0 Å². The summed E-state index contributed by atoms with van der Waals surface area (Å²) in [5.74, 6) is -0.481. The Bertz CT molecular complexity index is 1460. The number of likely N-dealkylation sites (N-methyl/N-ethyl adjacent to an activating group) is 1. The van der Waals surface area contributed by atoms with Gasteiger partial charge in [0.15, 0.2) is 5.78 Å². The molecule has 0 unspecified atom stereocenters. The molecule has 0 saturated carbocycles. The zero-order chi connectivity index (χ0) is 25.8. The molecule has 1 amide bonds. The number of amides is 1. The van der Waals surface area contributed by atoms with E-state index in [0.717, 1.165) is 27.9 Å². The van der Waals surface area contributed by atoms with Crippen LogP contribution in [0.25, 0.3) is 10.2 Å². The number of hydrogen-bond donors (Lipinski definition) is 1. The largest absolute Gasteiger partial charge is 0.349 e. The monoisotopic (exact) mass is 522 g/mol. The Kier molecular flexibility index (Phi) is 7.98. The zero-order valence-corrected chi connectivity index (χ0v) is 21.9. The minimum atomic E-state index is -0.418. The van der Waals surface area contributed by atoms with Crippen molar-refractivity contribution in [3.8, 4) is 0 Å². The molecule has 0 aliphatic heterocycles. The molecule has 1 N–H and O–H groups in total. The normalized spacial score (nSPS) is 11.2. The Labute approximate surface area is 218 Å². The number of fused-ring (bicyclic) bond motifs is 1. The lowest BCUT2D eigenvalue weighted by atomic mass is 10.1. The molecule has 4 aromatic rings. The second-order valence-electron chi connectivity index (χ2n) is 8.64. The van der Waals surface area contributed by atoms with Crippen molar-refractivity contribution in [3.05, 3.63) is 97.4 Å². The fourth-order valence-electron chi connectivity index (χ4n) is 4.16. The Morgan fingerprint density at radius 2 is 1.92 bits per heavy atom. The number of Topliss-reactive ketones (excluding diaryl/α,β-unsaturated/α-hetero) is 1. The van der Waals surface area contributed by atoms with Crippen LogP contribution < -0.4 is 10.7 Å². The maximum atomic E-state index is 13.4. The molecular formula is C27H27ClN4O3S. The number of aromatic nitrogens is 2. The van der Waals surface area contributed by atoms with E-state index in [1.165, 1.54) is 11.3 Å². The first-order chi connectivity index (χ1) is 17.3. The van der Waals surface area contributed by atoms with Gasteiger partial charge in [0.2, 0.25) is 5.43 Å². The molecule has 0 aliphatic rings. The number of benzene rings is 1. The van der Waals surface area contributed by atoms with Gasteiger partial charge in [-0.1, -0.05) is 36.7 Å². The van der Waals surface area contributed by atoms with Crippen molar-refractivity contribution in [2.24, 2.45) is 7.05 Å². The minimum absolute atomic E-state index is 0.0630. The Morgan fingerprint density at radius 1 is 1.17 bits per heavy atom. The molecule has 0 fully saturated rings. The molecule has 3 aromatic heterocycles. The molecule has 4 rings (SSSR count).